The number of nitrogens with zero attached hydrogens (tertiary/aromatic N) is 1. The molecular weight excluding hydrogens is 270 g/mol. The summed E-state index contributed by atoms with van der Waals surface area (Å²) in [5.41, 5.74) is 3.10. The van der Waals surface area contributed by atoms with Crippen LogP contribution in [0.3, 0.4) is 0 Å². The molecule has 2 aromatic rings. The Morgan fingerprint density at radius 3 is 2.27 bits per heavy atom. The quantitative estimate of drug-likeness (QED) is 0.558. The molecule has 2 rings (SSSR count). The molecule has 0 aliphatic rings. The topological polar surface area (TPSA) is 20.3 Å². The molecule has 0 aromatic heterocycles. The molecule has 0 saturated heterocycles. The first kappa shape index (κ1) is 16.0. The molecule has 2 aromatic carbocycles. The van der Waals surface area contributed by atoms with E-state index < -0.39 is 0 Å². The molecule has 0 heterocycles. The Morgan fingerprint density at radius 1 is 1.09 bits per heavy atom. The van der Waals surface area contributed by atoms with E-state index >= 15 is 0 Å². The molecule has 1 unspecified atom stereocenters. The molecule has 0 saturated carbocycles. The number of Topliss-reactive ketones (excluding diaryl/α,β-unsaturated/α-hetero) is 1. The van der Waals surface area contributed by atoms with Gasteiger partial charge in [0, 0.05) is 31.3 Å². The van der Waals surface area contributed by atoms with Crippen molar-refractivity contribution in [2.45, 2.75) is 12.8 Å². The number of carbonyl (C=O) groups is 1. The Labute approximate surface area is 133 Å². The second-order valence-corrected chi connectivity index (χ2v) is 5.67. The zero-order valence-electron chi connectivity index (χ0n) is 13.3. The van der Waals surface area contributed by atoms with Crippen LogP contribution in [0.1, 0.15) is 22.3 Å². The van der Waals surface area contributed by atoms with Crippen molar-refractivity contribution in [1.82, 2.24) is 0 Å². The summed E-state index contributed by atoms with van der Waals surface area (Å²) in [7, 11) is 3.98. The Balaban J connectivity index is 2.03. The summed E-state index contributed by atoms with van der Waals surface area (Å²) in [6, 6.07) is 18.0. The first-order chi connectivity index (χ1) is 10.6. The lowest BCUT2D eigenvalue weighted by Gasteiger charge is -2.14. The smallest absolute Gasteiger partial charge is 0.169 e. The Kier molecular flexibility index (Phi) is 5.54. The summed E-state index contributed by atoms with van der Waals surface area (Å²) in [5, 5.41) is 0. The predicted molar refractivity (Wildman–Crippen MR) is 93.5 cm³/mol. The van der Waals surface area contributed by atoms with E-state index in [0.717, 1.165) is 24.1 Å². The SMILES string of the molecule is C=CC(CCc1ccccc1)C(=O)c1ccc(N(C)C)cc1. The maximum atomic E-state index is 12.6. The van der Waals surface area contributed by atoms with Crippen LogP contribution in [0.5, 0.6) is 0 Å². The van der Waals surface area contributed by atoms with Crippen molar-refractivity contribution in [2.24, 2.45) is 5.92 Å². The van der Waals surface area contributed by atoms with Crippen LogP contribution in [-0.2, 0) is 6.42 Å². The Bertz CT molecular complexity index is 614. The fourth-order valence-corrected chi connectivity index (χ4v) is 2.46. The van der Waals surface area contributed by atoms with E-state index in [1.54, 1.807) is 6.08 Å². The minimum absolute atomic E-state index is 0.134. The van der Waals surface area contributed by atoms with Gasteiger partial charge in [-0.3, -0.25) is 4.79 Å². The van der Waals surface area contributed by atoms with Crippen molar-refractivity contribution in [3.05, 3.63) is 78.4 Å². The van der Waals surface area contributed by atoms with Crippen LogP contribution in [0.25, 0.3) is 0 Å². The molecule has 0 bridgehead atoms. The highest BCUT2D eigenvalue weighted by atomic mass is 16.1. The summed E-state index contributed by atoms with van der Waals surface area (Å²) >= 11 is 0. The number of allylic oxidation sites excluding steroid dienone is 1. The number of ketones is 1. The van der Waals surface area contributed by atoms with Gasteiger partial charge in [0.15, 0.2) is 5.78 Å². The second kappa shape index (κ2) is 7.60. The van der Waals surface area contributed by atoms with Crippen molar-refractivity contribution in [1.29, 1.82) is 0 Å². The summed E-state index contributed by atoms with van der Waals surface area (Å²) in [4.78, 5) is 14.6. The molecule has 1 atom stereocenters. The molecule has 0 spiro atoms. The van der Waals surface area contributed by atoms with Crippen molar-refractivity contribution >= 4 is 11.5 Å². The minimum Gasteiger partial charge on any atom is -0.378 e. The fourth-order valence-electron chi connectivity index (χ4n) is 2.46. The van der Waals surface area contributed by atoms with Gasteiger partial charge < -0.3 is 4.90 Å². The molecule has 0 aliphatic heterocycles. The maximum Gasteiger partial charge on any atom is 0.169 e. The molecule has 0 aliphatic carbocycles. The van der Waals surface area contributed by atoms with Crippen LogP contribution in [0.4, 0.5) is 5.69 Å². The number of rotatable bonds is 7. The predicted octanol–water partition coefficient (Wildman–Crippen LogP) is 4.37. The van der Waals surface area contributed by atoms with Crippen molar-refractivity contribution < 1.29 is 4.79 Å². The molecule has 0 radical (unpaired) electrons. The first-order valence-electron chi connectivity index (χ1n) is 7.60. The summed E-state index contributed by atoms with van der Waals surface area (Å²) < 4.78 is 0. The van der Waals surface area contributed by atoms with Crippen molar-refractivity contribution in [3.8, 4) is 0 Å². The monoisotopic (exact) mass is 293 g/mol. The van der Waals surface area contributed by atoms with Crippen LogP contribution in [0.15, 0.2) is 67.3 Å². The van der Waals surface area contributed by atoms with E-state index in [1.165, 1.54) is 5.56 Å². The number of anilines is 1. The van der Waals surface area contributed by atoms with E-state index in [9.17, 15) is 4.79 Å². The number of carbonyl (C=O) groups excluding carboxylic acids is 1. The minimum atomic E-state index is -0.134. The number of hydrogen-bond donors (Lipinski definition) is 0. The average molecular weight is 293 g/mol. The molecule has 2 nitrogen and oxygen atoms in total. The normalized spacial score (nSPS) is 11.7. The molecule has 114 valence electrons. The lowest BCUT2D eigenvalue weighted by atomic mass is 9.91. The van der Waals surface area contributed by atoms with E-state index in [2.05, 4.69) is 18.7 Å². The van der Waals surface area contributed by atoms with Crippen LogP contribution in [0, 0.1) is 5.92 Å². The van der Waals surface area contributed by atoms with E-state index in [-0.39, 0.29) is 11.7 Å². The Hall–Kier alpha value is -2.35. The van der Waals surface area contributed by atoms with Gasteiger partial charge in [-0.05, 0) is 42.7 Å². The van der Waals surface area contributed by atoms with Gasteiger partial charge in [0.25, 0.3) is 0 Å². The highest BCUT2D eigenvalue weighted by molar-refractivity contribution is 5.99. The van der Waals surface area contributed by atoms with Gasteiger partial charge >= 0.3 is 0 Å². The molecule has 0 fully saturated rings. The number of hydrogen-bond acceptors (Lipinski definition) is 2. The third-order valence-electron chi connectivity index (χ3n) is 3.88. The summed E-state index contributed by atoms with van der Waals surface area (Å²) in [5.74, 6) is 0.0154. The highest BCUT2D eigenvalue weighted by Gasteiger charge is 2.16. The zero-order valence-corrected chi connectivity index (χ0v) is 13.3. The lowest BCUT2D eigenvalue weighted by molar-refractivity contribution is 0.0940. The Morgan fingerprint density at radius 2 is 1.73 bits per heavy atom. The van der Waals surface area contributed by atoms with Crippen LogP contribution in [0.2, 0.25) is 0 Å². The van der Waals surface area contributed by atoms with Gasteiger partial charge in [-0.25, -0.2) is 0 Å². The van der Waals surface area contributed by atoms with Gasteiger partial charge in [0.2, 0.25) is 0 Å². The fraction of sp³-hybridized carbons (Fsp3) is 0.250. The van der Waals surface area contributed by atoms with Gasteiger partial charge in [-0.1, -0.05) is 36.4 Å². The van der Waals surface area contributed by atoms with E-state index in [1.807, 2.05) is 61.5 Å². The standard InChI is InChI=1S/C20H23NO/c1-4-17(11-10-16-8-6-5-7-9-16)20(22)18-12-14-19(15-13-18)21(2)3/h4-9,12-15,17H,1,10-11H2,2-3H3. The second-order valence-electron chi connectivity index (χ2n) is 5.67. The van der Waals surface area contributed by atoms with Gasteiger partial charge in [-0.2, -0.15) is 0 Å². The highest BCUT2D eigenvalue weighted by Crippen LogP contribution is 2.19. The molecule has 2 heteroatoms. The van der Waals surface area contributed by atoms with Crippen LogP contribution >= 0.6 is 0 Å². The molecule has 0 N–H and O–H groups in total. The molecule has 0 amide bonds. The summed E-state index contributed by atoms with van der Waals surface area (Å²) in [6.45, 7) is 3.84. The van der Waals surface area contributed by atoms with Crippen molar-refractivity contribution in [3.63, 3.8) is 0 Å². The van der Waals surface area contributed by atoms with Gasteiger partial charge in [0.1, 0.15) is 0 Å². The maximum absolute atomic E-state index is 12.6. The first-order valence-corrected chi connectivity index (χ1v) is 7.60. The number of benzene rings is 2. The van der Waals surface area contributed by atoms with Crippen LogP contribution in [-0.4, -0.2) is 19.9 Å². The van der Waals surface area contributed by atoms with Gasteiger partial charge in [-0.15, -0.1) is 6.58 Å². The summed E-state index contributed by atoms with van der Waals surface area (Å²) in [6.07, 6.45) is 3.45. The lowest BCUT2D eigenvalue weighted by Crippen LogP contribution is -2.14. The third kappa shape index (κ3) is 4.08. The average Bonchev–Trinajstić information content (AvgIpc) is 2.56. The number of aryl methyl sites for hydroxylation is 1. The third-order valence-corrected chi connectivity index (χ3v) is 3.88. The van der Waals surface area contributed by atoms with E-state index in [4.69, 9.17) is 0 Å². The van der Waals surface area contributed by atoms with Crippen molar-refractivity contribution in [2.75, 3.05) is 19.0 Å². The molecular formula is C20H23NO. The zero-order chi connectivity index (χ0) is 15.9. The van der Waals surface area contributed by atoms with Gasteiger partial charge in [0.05, 0.1) is 0 Å². The van der Waals surface area contributed by atoms with E-state index in [0.29, 0.717) is 0 Å². The molecule has 22 heavy (non-hydrogen) atoms. The van der Waals surface area contributed by atoms with Crippen LogP contribution < -0.4 is 4.90 Å². The largest absolute Gasteiger partial charge is 0.378 e.